The Balaban J connectivity index is 2.04. The first-order valence-corrected chi connectivity index (χ1v) is 5.95. The third-order valence-electron chi connectivity index (χ3n) is 3.01. The fourth-order valence-corrected chi connectivity index (χ4v) is 2.01. The molecule has 0 amide bonds. The number of nitrogens with zero attached hydrogens (tertiary/aromatic N) is 2. The molecule has 0 spiro atoms. The molecular formula is C14H13N3O2. The lowest BCUT2D eigenvalue weighted by Crippen LogP contribution is -2.21. The van der Waals surface area contributed by atoms with Crippen LogP contribution in [0.3, 0.4) is 0 Å². The Morgan fingerprint density at radius 1 is 1.32 bits per heavy atom. The highest BCUT2D eigenvalue weighted by molar-refractivity contribution is 5.85. The molecule has 96 valence electrons. The summed E-state index contributed by atoms with van der Waals surface area (Å²) in [5.41, 5.74) is 8.32. The molecule has 2 N–H and O–H groups in total. The number of hydrogen-bond donors (Lipinski definition) is 1. The average Bonchev–Trinajstić information content (AvgIpc) is 2.79. The van der Waals surface area contributed by atoms with Gasteiger partial charge in [-0.3, -0.25) is 4.79 Å². The van der Waals surface area contributed by atoms with E-state index in [9.17, 15) is 4.79 Å². The van der Waals surface area contributed by atoms with Crippen molar-refractivity contribution in [2.75, 3.05) is 5.73 Å². The summed E-state index contributed by atoms with van der Waals surface area (Å²) in [5, 5.41) is 0. The number of rotatable bonds is 2. The highest BCUT2D eigenvalue weighted by Crippen LogP contribution is 2.21. The second-order valence-corrected chi connectivity index (χ2v) is 4.43. The minimum absolute atomic E-state index is 0.0438. The van der Waals surface area contributed by atoms with Gasteiger partial charge < -0.3 is 14.7 Å². The van der Waals surface area contributed by atoms with Crippen LogP contribution in [-0.4, -0.2) is 9.55 Å². The molecule has 19 heavy (non-hydrogen) atoms. The van der Waals surface area contributed by atoms with Crippen LogP contribution >= 0.6 is 0 Å². The van der Waals surface area contributed by atoms with Crippen molar-refractivity contribution in [1.82, 2.24) is 9.55 Å². The van der Waals surface area contributed by atoms with E-state index < -0.39 is 0 Å². The molecule has 3 rings (SSSR count). The summed E-state index contributed by atoms with van der Waals surface area (Å²) in [5.74, 6) is 0.473. The van der Waals surface area contributed by atoms with Gasteiger partial charge >= 0.3 is 0 Å². The summed E-state index contributed by atoms with van der Waals surface area (Å²) in [4.78, 5) is 16.3. The number of para-hydroxylation sites is 1. The molecule has 0 saturated carbocycles. The third-order valence-corrected chi connectivity index (χ3v) is 3.01. The minimum Gasteiger partial charge on any atom is -0.439 e. The monoisotopic (exact) mass is 255 g/mol. The van der Waals surface area contributed by atoms with Crippen molar-refractivity contribution in [3.05, 3.63) is 58.3 Å². The van der Waals surface area contributed by atoms with Gasteiger partial charge in [0.25, 0.3) is 5.56 Å². The number of aromatic nitrogens is 2. The summed E-state index contributed by atoms with van der Waals surface area (Å²) in [7, 11) is 0. The number of nitrogens with two attached hydrogens (primary N) is 1. The number of pyridine rings is 1. The maximum atomic E-state index is 11.9. The smallest absolute Gasteiger partial charge is 0.253 e. The molecule has 0 fully saturated rings. The van der Waals surface area contributed by atoms with Crippen LogP contribution in [0.4, 0.5) is 5.69 Å². The lowest BCUT2D eigenvalue weighted by atomic mass is 10.3. The maximum absolute atomic E-state index is 11.9. The number of oxazole rings is 1. The molecule has 5 nitrogen and oxygen atoms in total. The second kappa shape index (κ2) is 4.28. The van der Waals surface area contributed by atoms with E-state index in [0.29, 0.717) is 34.8 Å². The Morgan fingerprint density at radius 2 is 2.16 bits per heavy atom. The molecule has 0 aliphatic carbocycles. The van der Waals surface area contributed by atoms with E-state index in [1.807, 2.05) is 12.1 Å². The van der Waals surface area contributed by atoms with Crippen molar-refractivity contribution in [2.45, 2.75) is 13.5 Å². The van der Waals surface area contributed by atoms with E-state index in [1.54, 1.807) is 35.9 Å². The summed E-state index contributed by atoms with van der Waals surface area (Å²) in [6.07, 6.45) is 1.72. The standard InChI is InChI=1S/C14H13N3O2/c1-9-4-3-7-17(14(9)18)8-12-16-13-10(15)5-2-6-11(13)19-12/h2-7H,8,15H2,1H3. The van der Waals surface area contributed by atoms with Gasteiger partial charge in [0.05, 0.1) is 5.69 Å². The van der Waals surface area contributed by atoms with Gasteiger partial charge in [0.2, 0.25) is 5.89 Å². The Hall–Kier alpha value is -2.56. The first kappa shape index (κ1) is 11.5. The molecular weight excluding hydrogens is 242 g/mol. The largest absolute Gasteiger partial charge is 0.439 e. The van der Waals surface area contributed by atoms with Crippen molar-refractivity contribution >= 4 is 16.8 Å². The number of hydrogen-bond acceptors (Lipinski definition) is 4. The van der Waals surface area contributed by atoms with Crippen LogP contribution in [0, 0.1) is 6.92 Å². The molecule has 1 aromatic carbocycles. The first-order valence-electron chi connectivity index (χ1n) is 5.95. The van der Waals surface area contributed by atoms with E-state index in [1.165, 1.54) is 0 Å². The first-order chi connectivity index (χ1) is 9.15. The van der Waals surface area contributed by atoms with Crippen LogP contribution in [-0.2, 0) is 6.54 Å². The predicted octanol–water partition coefficient (Wildman–Crippen LogP) is 1.93. The van der Waals surface area contributed by atoms with Crippen LogP contribution in [0.25, 0.3) is 11.1 Å². The van der Waals surface area contributed by atoms with E-state index in [0.717, 1.165) is 0 Å². The quantitative estimate of drug-likeness (QED) is 0.710. The van der Waals surface area contributed by atoms with Crippen LogP contribution in [0.1, 0.15) is 11.5 Å². The van der Waals surface area contributed by atoms with Crippen LogP contribution in [0.5, 0.6) is 0 Å². The highest BCUT2D eigenvalue weighted by Gasteiger charge is 2.09. The summed E-state index contributed by atoms with van der Waals surface area (Å²) >= 11 is 0. The fourth-order valence-electron chi connectivity index (χ4n) is 2.01. The second-order valence-electron chi connectivity index (χ2n) is 4.43. The SMILES string of the molecule is Cc1cccn(Cc2nc3c(N)cccc3o2)c1=O. The Labute approximate surface area is 109 Å². The maximum Gasteiger partial charge on any atom is 0.253 e. The van der Waals surface area contributed by atoms with Gasteiger partial charge in [0, 0.05) is 11.8 Å². The molecule has 0 aliphatic rings. The van der Waals surface area contributed by atoms with Gasteiger partial charge in [-0.05, 0) is 25.1 Å². The predicted molar refractivity (Wildman–Crippen MR) is 73.0 cm³/mol. The van der Waals surface area contributed by atoms with Gasteiger partial charge in [-0.2, -0.15) is 0 Å². The topological polar surface area (TPSA) is 74.1 Å². The lowest BCUT2D eigenvalue weighted by molar-refractivity contribution is 0.503. The molecule has 2 aromatic heterocycles. The zero-order valence-corrected chi connectivity index (χ0v) is 10.5. The molecule has 2 heterocycles. The van der Waals surface area contributed by atoms with E-state index in [2.05, 4.69) is 4.98 Å². The summed E-state index contributed by atoms with van der Waals surface area (Å²) in [6, 6.07) is 9.00. The van der Waals surface area contributed by atoms with Gasteiger partial charge in [0.15, 0.2) is 5.58 Å². The highest BCUT2D eigenvalue weighted by atomic mass is 16.3. The Bertz CT molecular complexity index is 802. The zero-order chi connectivity index (χ0) is 13.4. The molecule has 0 bridgehead atoms. The van der Waals surface area contributed by atoms with Crippen LogP contribution in [0.2, 0.25) is 0 Å². The van der Waals surface area contributed by atoms with Crippen LogP contribution < -0.4 is 11.3 Å². The molecule has 0 aliphatic heterocycles. The molecule has 0 saturated heterocycles. The normalized spacial score (nSPS) is 11.0. The number of aryl methyl sites for hydroxylation is 1. The summed E-state index contributed by atoms with van der Waals surface area (Å²) < 4.78 is 7.16. The molecule has 0 unspecified atom stereocenters. The van der Waals surface area contributed by atoms with Crippen molar-refractivity contribution in [1.29, 1.82) is 0 Å². The minimum atomic E-state index is -0.0438. The number of fused-ring (bicyclic) bond motifs is 1. The van der Waals surface area contributed by atoms with Crippen molar-refractivity contribution in [2.24, 2.45) is 0 Å². The van der Waals surface area contributed by atoms with E-state index >= 15 is 0 Å². The van der Waals surface area contributed by atoms with Gasteiger partial charge in [-0.15, -0.1) is 0 Å². The molecule has 3 aromatic rings. The molecule has 0 atom stereocenters. The molecule has 5 heteroatoms. The Kier molecular flexibility index (Phi) is 2.59. The van der Waals surface area contributed by atoms with Gasteiger partial charge in [-0.1, -0.05) is 12.1 Å². The number of nitrogen functional groups attached to an aromatic ring is 1. The average molecular weight is 255 g/mol. The van der Waals surface area contributed by atoms with Gasteiger partial charge in [-0.25, -0.2) is 4.98 Å². The zero-order valence-electron chi connectivity index (χ0n) is 10.5. The number of anilines is 1. The lowest BCUT2D eigenvalue weighted by Gasteiger charge is -2.02. The van der Waals surface area contributed by atoms with Crippen LogP contribution in [0.15, 0.2) is 45.7 Å². The van der Waals surface area contributed by atoms with Crippen molar-refractivity contribution in [3.63, 3.8) is 0 Å². The van der Waals surface area contributed by atoms with Gasteiger partial charge in [0.1, 0.15) is 12.1 Å². The fraction of sp³-hybridized carbons (Fsp3) is 0.143. The van der Waals surface area contributed by atoms with E-state index in [4.69, 9.17) is 10.2 Å². The summed E-state index contributed by atoms with van der Waals surface area (Å²) in [6.45, 7) is 2.08. The number of benzene rings is 1. The van der Waals surface area contributed by atoms with Crippen molar-refractivity contribution in [3.8, 4) is 0 Å². The third kappa shape index (κ3) is 1.99. The molecule has 0 radical (unpaired) electrons. The van der Waals surface area contributed by atoms with E-state index in [-0.39, 0.29) is 5.56 Å². The van der Waals surface area contributed by atoms with Crippen molar-refractivity contribution < 1.29 is 4.42 Å². The Morgan fingerprint density at radius 3 is 2.95 bits per heavy atom.